The van der Waals surface area contributed by atoms with E-state index in [1.54, 1.807) is 0 Å². The minimum Gasteiger partial charge on any atom is -0.358 e. The molecule has 21 heavy (non-hydrogen) atoms. The summed E-state index contributed by atoms with van der Waals surface area (Å²) in [4.78, 5) is 14.7. The SMILES string of the molecule is CN1C(=O)c2ccccc2NC12CCCc1ccccc12. The Hall–Kier alpha value is -2.29. The van der Waals surface area contributed by atoms with Gasteiger partial charge in [0.05, 0.1) is 5.56 Å². The summed E-state index contributed by atoms with van der Waals surface area (Å²) in [6.07, 6.45) is 3.12. The maximum absolute atomic E-state index is 12.8. The largest absolute Gasteiger partial charge is 0.358 e. The van der Waals surface area contributed by atoms with Crippen molar-refractivity contribution in [1.82, 2.24) is 4.90 Å². The molecule has 0 aromatic heterocycles. The maximum Gasteiger partial charge on any atom is 0.257 e. The molecule has 1 atom stereocenters. The lowest BCUT2D eigenvalue weighted by Gasteiger charge is -2.49. The predicted molar refractivity (Wildman–Crippen MR) is 83.2 cm³/mol. The molecule has 3 heteroatoms. The molecule has 1 unspecified atom stereocenters. The first-order valence-corrected chi connectivity index (χ1v) is 7.46. The average Bonchev–Trinajstić information content (AvgIpc) is 2.53. The highest BCUT2D eigenvalue weighted by Crippen LogP contribution is 2.44. The molecule has 0 fully saturated rings. The molecule has 0 radical (unpaired) electrons. The zero-order valence-electron chi connectivity index (χ0n) is 12.1. The molecule has 4 rings (SSSR count). The molecule has 0 bridgehead atoms. The molecule has 1 heterocycles. The number of anilines is 1. The minimum atomic E-state index is -0.403. The standard InChI is InChI=1S/C18H18N2O/c1-20-17(21)14-9-3-5-11-16(14)19-18(20)12-6-8-13-7-2-4-10-15(13)18/h2-5,7,9-11,19H,6,8,12H2,1H3. The first-order valence-electron chi connectivity index (χ1n) is 7.46. The van der Waals surface area contributed by atoms with Gasteiger partial charge in [0.25, 0.3) is 5.91 Å². The van der Waals surface area contributed by atoms with Gasteiger partial charge in [0, 0.05) is 18.3 Å². The number of nitrogens with zero attached hydrogens (tertiary/aromatic N) is 1. The van der Waals surface area contributed by atoms with Crippen LogP contribution in [0.2, 0.25) is 0 Å². The van der Waals surface area contributed by atoms with E-state index in [2.05, 4.69) is 29.6 Å². The van der Waals surface area contributed by atoms with E-state index >= 15 is 0 Å². The number of para-hydroxylation sites is 1. The third-order valence-electron chi connectivity index (χ3n) is 4.82. The van der Waals surface area contributed by atoms with Gasteiger partial charge in [0.2, 0.25) is 0 Å². The number of fused-ring (bicyclic) bond motifs is 3. The van der Waals surface area contributed by atoms with Gasteiger partial charge in [0.15, 0.2) is 0 Å². The Morgan fingerprint density at radius 1 is 1.10 bits per heavy atom. The number of hydrogen-bond donors (Lipinski definition) is 1. The fraction of sp³-hybridized carbons (Fsp3) is 0.278. The van der Waals surface area contributed by atoms with Crippen molar-refractivity contribution in [2.75, 3.05) is 12.4 Å². The lowest BCUT2D eigenvalue weighted by Crippen LogP contribution is -2.57. The molecule has 0 saturated carbocycles. The number of aryl methyl sites for hydroxylation is 1. The average molecular weight is 278 g/mol. The zero-order chi connectivity index (χ0) is 14.4. The van der Waals surface area contributed by atoms with Crippen molar-refractivity contribution in [3.63, 3.8) is 0 Å². The number of carbonyl (C=O) groups excluding carboxylic acids is 1. The van der Waals surface area contributed by atoms with E-state index < -0.39 is 5.66 Å². The Balaban J connectivity index is 1.92. The Morgan fingerprint density at radius 3 is 2.76 bits per heavy atom. The van der Waals surface area contributed by atoms with Gasteiger partial charge in [-0.2, -0.15) is 0 Å². The quantitative estimate of drug-likeness (QED) is 0.801. The Labute approximate surface area is 124 Å². The van der Waals surface area contributed by atoms with E-state index in [1.165, 1.54) is 11.1 Å². The summed E-state index contributed by atoms with van der Waals surface area (Å²) in [5.41, 5.74) is 3.88. The summed E-state index contributed by atoms with van der Waals surface area (Å²) in [7, 11) is 1.91. The minimum absolute atomic E-state index is 0.0982. The molecule has 1 spiro atoms. The highest BCUT2D eigenvalue weighted by atomic mass is 16.2. The van der Waals surface area contributed by atoms with E-state index in [4.69, 9.17) is 0 Å². The van der Waals surface area contributed by atoms with Gasteiger partial charge in [-0.05, 0) is 37.0 Å². The topological polar surface area (TPSA) is 32.3 Å². The van der Waals surface area contributed by atoms with Gasteiger partial charge in [-0.15, -0.1) is 0 Å². The predicted octanol–water partition coefficient (Wildman–Crippen LogP) is 3.37. The molecular formula is C18H18N2O. The van der Waals surface area contributed by atoms with Crippen molar-refractivity contribution < 1.29 is 4.79 Å². The fourth-order valence-corrected chi connectivity index (χ4v) is 3.73. The van der Waals surface area contributed by atoms with Crippen LogP contribution in [-0.2, 0) is 12.1 Å². The van der Waals surface area contributed by atoms with Crippen LogP contribution in [0.25, 0.3) is 0 Å². The van der Waals surface area contributed by atoms with Crippen molar-refractivity contribution in [3.8, 4) is 0 Å². The van der Waals surface area contributed by atoms with Crippen LogP contribution in [0.5, 0.6) is 0 Å². The van der Waals surface area contributed by atoms with E-state index in [0.29, 0.717) is 0 Å². The number of rotatable bonds is 0. The second-order valence-electron chi connectivity index (χ2n) is 5.91. The van der Waals surface area contributed by atoms with Crippen LogP contribution in [0, 0.1) is 0 Å². The van der Waals surface area contributed by atoms with Crippen LogP contribution >= 0.6 is 0 Å². The number of carbonyl (C=O) groups is 1. The first-order chi connectivity index (χ1) is 10.2. The van der Waals surface area contributed by atoms with Gasteiger partial charge in [-0.25, -0.2) is 0 Å². The highest BCUT2D eigenvalue weighted by Gasteiger charge is 2.46. The van der Waals surface area contributed by atoms with Crippen LogP contribution < -0.4 is 5.32 Å². The summed E-state index contributed by atoms with van der Waals surface area (Å²) >= 11 is 0. The van der Waals surface area contributed by atoms with Gasteiger partial charge in [-0.3, -0.25) is 4.79 Å². The lowest BCUT2D eigenvalue weighted by atomic mass is 9.79. The van der Waals surface area contributed by atoms with Crippen molar-refractivity contribution >= 4 is 11.6 Å². The maximum atomic E-state index is 12.8. The lowest BCUT2D eigenvalue weighted by molar-refractivity contribution is 0.0543. The van der Waals surface area contributed by atoms with Crippen LogP contribution in [0.3, 0.4) is 0 Å². The summed E-state index contributed by atoms with van der Waals surface area (Å²) < 4.78 is 0. The van der Waals surface area contributed by atoms with Crippen molar-refractivity contribution in [3.05, 3.63) is 65.2 Å². The molecule has 1 amide bonds. The zero-order valence-corrected chi connectivity index (χ0v) is 12.1. The van der Waals surface area contributed by atoms with Gasteiger partial charge < -0.3 is 10.2 Å². The van der Waals surface area contributed by atoms with Gasteiger partial charge in [-0.1, -0.05) is 36.4 Å². The molecule has 0 saturated heterocycles. The Bertz CT molecular complexity index is 725. The molecular weight excluding hydrogens is 260 g/mol. The molecule has 2 aliphatic rings. The summed E-state index contributed by atoms with van der Waals surface area (Å²) in [6.45, 7) is 0. The Morgan fingerprint density at radius 2 is 1.86 bits per heavy atom. The second kappa shape index (κ2) is 4.35. The van der Waals surface area contributed by atoms with E-state index in [9.17, 15) is 4.79 Å². The fourth-order valence-electron chi connectivity index (χ4n) is 3.73. The van der Waals surface area contributed by atoms with Gasteiger partial charge in [0.1, 0.15) is 5.66 Å². The normalized spacial score (nSPS) is 23.5. The van der Waals surface area contributed by atoms with Crippen LogP contribution in [0.15, 0.2) is 48.5 Å². The number of amides is 1. The van der Waals surface area contributed by atoms with E-state index in [0.717, 1.165) is 30.5 Å². The molecule has 2 aromatic rings. The third-order valence-corrected chi connectivity index (χ3v) is 4.82. The summed E-state index contributed by atoms with van der Waals surface area (Å²) in [5.74, 6) is 0.0982. The van der Waals surface area contributed by atoms with Crippen LogP contribution in [0.4, 0.5) is 5.69 Å². The molecule has 1 aliphatic carbocycles. The first kappa shape index (κ1) is 12.5. The highest BCUT2D eigenvalue weighted by molar-refractivity contribution is 6.02. The Kier molecular flexibility index (Phi) is 2.58. The summed E-state index contributed by atoms with van der Waals surface area (Å²) in [5, 5.41) is 3.65. The smallest absolute Gasteiger partial charge is 0.257 e. The number of benzene rings is 2. The van der Waals surface area contributed by atoms with Gasteiger partial charge >= 0.3 is 0 Å². The van der Waals surface area contributed by atoms with Crippen LogP contribution in [-0.4, -0.2) is 17.9 Å². The summed E-state index contributed by atoms with van der Waals surface area (Å²) in [6, 6.07) is 16.3. The molecule has 3 nitrogen and oxygen atoms in total. The van der Waals surface area contributed by atoms with E-state index in [1.807, 2.05) is 36.2 Å². The van der Waals surface area contributed by atoms with Crippen LogP contribution in [0.1, 0.15) is 34.3 Å². The molecule has 106 valence electrons. The molecule has 1 N–H and O–H groups in total. The molecule has 2 aromatic carbocycles. The number of nitrogens with one attached hydrogen (secondary N) is 1. The van der Waals surface area contributed by atoms with Crippen molar-refractivity contribution in [2.24, 2.45) is 0 Å². The van der Waals surface area contributed by atoms with Crippen molar-refractivity contribution in [2.45, 2.75) is 24.9 Å². The third kappa shape index (κ3) is 1.63. The monoisotopic (exact) mass is 278 g/mol. The molecule has 1 aliphatic heterocycles. The number of hydrogen-bond acceptors (Lipinski definition) is 2. The second-order valence-corrected chi connectivity index (χ2v) is 5.91. The van der Waals surface area contributed by atoms with E-state index in [-0.39, 0.29) is 5.91 Å². The van der Waals surface area contributed by atoms with Crippen molar-refractivity contribution in [1.29, 1.82) is 0 Å².